The van der Waals surface area contributed by atoms with Crippen molar-refractivity contribution in [2.75, 3.05) is 12.4 Å². The molecule has 3 rings (SSSR count). The number of carbonyl (C=O) groups excluding carboxylic acids is 2. The maximum absolute atomic E-state index is 14.5. The topological polar surface area (TPSA) is 104 Å². The van der Waals surface area contributed by atoms with E-state index in [0.717, 1.165) is 39.3 Å². The summed E-state index contributed by atoms with van der Waals surface area (Å²) in [5, 5.41) is 2.33. The third kappa shape index (κ3) is 4.22. The van der Waals surface area contributed by atoms with Crippen molar-refractivity contribution in [1.82, 2.24) is 4.98 Å². The molecule has 3 N–H and O–H groups in total. The smallest absolute Gasteiger partial charge is 0.417 e. The highest BCUT2D eigenvalue weighted by atomic mass is 19.4. The first kappa shape index (κ1) is 22.9. The van der Waals surface area contributed by atoms with Crippen molar-refractivity contribution in [2.45, 2.75) is 37.6 Å². The van der Waals surface area contributed by atoms with Crippen LogP contribution in [0.2, 0.25) is 0 Å². The number of primary amides is 1. The fourth-order valence-electron chi connectivity index (χ4n) is 3.83. The number of amides is 2. The lowest BCUT2D eigenvalue weighted by Gasteiger charge is -2.32. The highest BCUT2D eigenvalue weighted by molar-refractivity contribution is 5.97. The minimum Gasteiger partial charge on any atom is -0.493 e. The van der Waals surface area contributed by atoms with Crippen molar-refractivity contribution in [2.24, 2.45) is 11.7 Å². The summed E-state index contributed by atoms with van der Waals surface area (Å²) in [6.07, 6.45) is -5.65. The first-order valence-corrected chi connectivity index (χ1v) is 9.56. The SMILES string of the molecule is [2H]c1cc([C@@H]2[C@@H](C(=O)Nc3ccnc(C(N)=O)c3)O[C@@](C)(C(F)(F)F)[C@@H]2C)c(OC)c(F)c1F. The van der Waals surface area contributed by atoms with E-state index in [-0.39, 0.29) is 16.9 Å². The van der Waals surface area contributed by atoms with Crippen molar-refractivity contribution >= 4 is 17.5 Å². The van der Waals surface area contributed by atoms with Crippen LogP contribution in [0.1, 0.15) is 37.2 Å². The Bertz CT molecular complexity index is 1150. The van der Waals surface area contributed by atoms with Gasteiger partial charge in [0, 0.05) is 29.3 Å². The first-order chi connectivity index (χ1) is 15.7. The summed E-state index contributed by atoms with van der Waals surface area (Å²) in [5.41, 5.74) is 1.74. The Morgan fingerprint density at radius 2 is 2.00 bits per heavy atom. The molecule has 1 aliphatic rings. The largest absolute Gasteiger partial charge is 0.493 e. The van der Waals surface area contributed by atoms with Crippen LogP contribution in [0.3, 0.4) is 0 Å². The fourth-order valence-corrected chi connectivity index (χ4v) is 3.83. The number of rotatable bonds is 5. The number of hydrogen-bond donors (Lipinski definition) is 2. The Hall–Kier alpha value is -3.28. The Morgan fingerprint density at radius 3 is 2.58 bits per heavy atom. The molecule has 178 valence electrons. The number of methoxy groups -OCH3 is 1. The van der Waals surface area contributed by atoms with Gasteiger partial charge in [0.05, 0.1) is 8.48 Å². The molecule has 12 heteroatoms. The molecule has 2 heterocycles. The lowest BCUT2D eigenvalue weighted by Crippen LogP contribution is -2.47. The van der Waals surface area contributed by atoms with Crippen LogP contribution in [0.4, 0.5) is 27.6 Å². The van der Waals surface area contributed by atoms with Gasteiger partial charge in [-0.3, -0.25) is 14.6 Å². The van der Waals surface area contributed by atoms with Crippen molar-refractivity contribution in [3.8, 4) is 5.75 Å². The van der Waals surface area contributed by atoms with Gasteiger partial charge in [-0.15, -0.1) is 0 Å². The summed E-state index contributed by atoms with van der Waals surface area (Å²) in [4.78, 5) is 28.1. The lowest BCUT2D eigenvalue weighted by atomic mass is 9.77. The van der Waals surface area contributed by atoms with E-state index in [2.05, 4.69) is 10.3 Å². The predicted molar refractivity (Wildman–Crippen MR) is 106 cm³/mol. The summed E-state index contributed by atoms with van der Waals surface area (Å²) in [7, 11) is 0.978. The Kier molecular flexibility index (Phi) is 5.95. The zero-order valence-electron chi connectivity index (χ0n) is 18.6. The summed E-state index contributed by atoms with van der Waals surface area (Å²) < 4.78 is 88.2. The minimum absolute atomic E-state index is 0.0113. The summed E-state index contributed by atoms with van der Waals surface area (Å²) in [6, 6.07) is 2.25. The molecular formula is C21H20F5N3O4. The van der Waals surface area contributed by atoms with Gasteiger partial charge in [-0.25, -0.2) is 4.39 Å². The minimum atomic E-state index is -4.94. The number of benzene rings is 1. The molecule has 0 unspecified atom stereocenters. The molecule has 1 aromatic carbocycles. The molecule has 2 aromatic rings. The molecule has 7 nitrogen and oxygen atoms in total. The van der Waals surface area contributed by atoms with E-state index in [1.165, 1.54) is 6.07 Å². The molecule has 4 atom stereocenters. The third-order valence-corrected chi connectivity index (χ3v) is 5.78. The number of anilines is 1. The monoisotopic (exact) mass is 474 g/mol. The van der Waals surface area contributed by atoms with Crippen LogP contribution in [0.15, 0.2) is 30.4 Å². The maximum Gasteiger partial charge on any atom is 0.417 e. The van der Waals surface area contributed by atoms with E-state index in [9.17, 15) is 31.5 Å². The Labute approximate surface area is 186 Å². The molecule has 0 saturated carbocycles. The van der Waals surface area contributed by atoms with Crippen LogP contribution in [-0.2, 0) is 9.53 Å². The molecule has 33 heavy (non-hydrogen) atoms. The van der Waals surface area contributed by atoms with Crippen molar-refractivity contribution < 1.29 is 42.4 Å². The van der Waals surface area contributed by atoms with Gasteiger partial charge in [0.2, 0.25) is 5.82 Å². The van der Waals surface area contributed by atoms with E-state index in [1.54, 1.807) is 0 Å². The van der Waals surface area contributed by atoms with Crippen LogP contribution >= 0.6 is 0 Å². The summed E-state index contributed by atoms with van der Waals surface area (Å²) >= 11 is 0. The Balaban J connectivity index is 2.12. The second kappa shape index (κ2) is 8.58. The van der Waals surface area contributed by atoms with Crippen molar-refractivity contribution in [3.05, 3.63) is 53.3 Å². The molecule has 1 fully saturated rings. The van der Waals surface area contributed by atoms with E-state index < -0.39 is 65.0 Å². The van der Waals surface area contributed by atoms with Crippen LogP contribution in [0.5, 0.6) is 5.75 Å². The third-order valence-electron chi connectivity index (χ3n) is 5.78. The normalized spacial score (nSPS) is 25.5. The number of carbonyl (C=O) groups is 2. The second-order valence-corrected chi connectivity index (χ2v) is 7.65. The van der Waals surface area contributed by atoms with Gasteiger partial charge in [0.25, 0.3) is 11.8 Å². The van der Waals surface area contributed by atoms with Gasteiger partial charge in [-0.1, -0.05) is 13.0 Å². The number of alkyl halides is 3. The van der Waals surface area contributed by atoms with E-state index in [1.807, 2.05) is 0 Å². The molecule has 0 spiro atoms. The molecule has 2 amide bonds. The first-order valence-electron chi connectivity index (χ1n) is 10.1. The molecule has 0 radical (unpaired) electrons. The lowest BCUT2D eigenvalue weighted by molar-refractivity contribution is -0.272. The van der Waals surface area contributed by atoms with E-state index in [0.29, 0.717) is 0 Å². The zero-order chi connectivity index (χ0) is 25.6. The van der Waals surface area contributed by atoms with Gasteiger partial charge < -0.3 is 20.5 Å². The van der Waals surface area contributed by atoms with E-state index >= 15 is 0 Å². The van der Waals surface area contributed by atoms with Crippen molar-refractivity contribution in [3.63, 3.8) is 0 Å². The van der Waals surface area contributed by atoms with Gasteiger partial charge in [-0.2, -0.15) is 17.6 Å². The predicted octanol–water partition coefficient (Wildman–Crippen LogP) is 3.55. The van der Waals surface area contributed by atoms with Gasteiger partial charge in [0.15, 0.2) is 17.2 Å². The molecule has 1 saturated heterocycles. The van der Waals surface area contributed by atoms with Gasteiger partial charge >= 0.3 is 6.18 Å². The highest BCUT2D eigenvalue weighted by Gasteiger charge is 2.65. The quantitative estimate of drug-likeness (QED) is 0.646. The number of ether oxygens (including phenoxy) is 2. The average molecular weight is 474 g/mol. The molecular weight excluding hydrogens is 453 g/mol. The number of nitrogens with two attached hydrogens (primary N) is 1. The number of pyridine rings is 1. The zero-order valence-corrected chi connectivity index (χ0v) is 17.6. The molecule has 1 aromatic heterocycles. The summed E-state index contributed by atoms with van der Waals surface area (Å²) in [6.45, 7) is 1.89. The van der Waals surface area contributed by atoms with Gasteiger partial charge in [0.1, 0.15) is 11.8 Å². The number of aromatic nitrogens is 1. The van der Waals surface area contributed by atoms with Crippen LogP contribution < -0.4 is 15.8 Å². The number of nitrogens with zero attached hydrogens (tertiary/aromatic N) is 1. The molecule has 0 bridgehead atoms. The number of halogens is 5. The summed E-state index contributed by atoms with van der Waals surface area (Å²) in [5.74, 6) is -8.81. The van der Waals surface area contributed by atoms with Crippen LogP contribution in [-0.4, -0.2) is 41.8 Å². The second-order valence-electron chi connectivity index (χ2n) is 7.65. The average Bonchev–Trinajstić information content (AvgIpc) is 3.04. The van der Waals surface area contributed by atoms with Crippen LogP contribution in [0, 0.1) is 17.6 Å². The molecule has 1 aliphatic heterocycles. The van der Waals surface area contributed by atoms with Crippen molar-refractivity contribution in [1.29, 1.82) is 0 Å². The number of nitrogens with one attached hydrogen (secondary N) is 1. The highest BCUT2D eigenvalue weighted by Crippen LogP contribution is 2.55. The number of hydrogen-bond acceptors (Lipinski definition) is 5. The van der Waals surface area contributed by atoms with Gasteiger partial charge in [-0.05, 0) is 25.1 Å². The van der Waals surface area contributed by atoms with E-state index in [4.69, 9.17) is 16.6 Å². The maximum atomic E-state index is 14.5. The van der Waals surface area contributed by atoms with Crippen LogP contribution in [0.25, 0.3) is 0 Å². The standard InChI is InChI=1S/C21H20F5N3O4/c1-9-14(11-4-5-12(22)15(23)16(11)32-3)17(33-20(9,2)21(24,25)26)19(31)29-10-6-7-28-13(8-10)18(27)30/h4-9,14,17H,1-3H3,(H2,27,30)(H,28,29,31)/t9-,14-,17+,20-/m1/s1/i5D. The molecule has 0 aliphatic carbocycles. The fraction of sp³-hybridized carbons (Fsp3) is 0.381. The Morgan fingerprint density at radius 1 is 1.33 bits per heavy atom.